The lowest BCUT2D eigenvalue weighted by Gasteiger charge is -2.13. The summed E-state index contributed by atoms with van der Waals surface area (Å²) in [5.41, 5.74) is 18.7. The van der Waals surface area contributed by atoms with Gasteiger partial charge in [0.25, 0.3) is 0 Å². The maximum Gasteiger partial charge on any atom is 0.131 e. The largest absolute Gasteiger partial charge is 0.207 e. The highest BCUT2D eigenvalue weighted by Gasteiger charge is 2.12. The molecule has 10 aromatic carbocycles. The first-order valence-corrected chi connectivity index (χ1v) is 27.7. The third-order valence-corrected chi connectivity index (χ3v) is 14.6. The van der Waals surface area contributed by atoms with Gasteiger partial charge < -0.3 is 0 Å². The predicted molar refractivity (Wildman–Crippen MR) is 333 cm³/mol. The van der Waals surface area contributed by atoms with E-state index in [-0.39, 0.29) is 11.6 Å². The van der Waals surface area contributed by atoms with Crippen molar-refractivity contribution >= 4 is 53.9 Å². The van der Waals surface area contributed by atoms with Crippen molar-refractivity contribution < 1.29 is 8.78 Å². The minimum Gasteiger partial charge on any atom is -0.207 e. The summed E-state index contributed by atoms with van der Waals surface area (Å²) >= 11 is 0. The molecule has 0 aliphatic rings. The first-order valence-electron chi connectivity index (χ1n) is 27.7. The number of hydrogen-bond donors (Lipinski definition) is 0. The molecular formula is C74H86F2. The van der Waals surface area contributed by atoms with E-state index >= 15 is 0 Å². The molecule has 0 unspecified atom stereocenters. The van der Waals surface area contributed by atoms with Crippen molar-refractivity contribution in [2.24, 2.45) is 0 Å². The molecule has 0 fully saturated rings. The monoisotopic (exact) mass is 1010 g/mol. The molecule has 76 heavy (non-hydrogen) atoms. The lowest BCUT2D eigenvalue weighted by Crippen LogP contribution is -1.93. The summed E-state index contributed by atoms with van der Waals surface area (Å²) in [6.07, 6.45) is 0. The molecule has 0 aliphatic heterocycles. The molecule has 2 heteroatoms. The first kappa shape index (κ1) is 58.6. The summed E-state index contributed by atoms with van der Waals surface area (Å²) in [5, 5.41) is 12.3. The van der Waals surface area contributed by atoms with Gasteiger partial charge in [-0.25, -0.2) is 8.78 Å². The molecule has 396 valence electrons. The van der Waals surface area contributed by atoms with Crippen LogP contribution in [-0.4, -0.2) is 0 Å². The molecule has 10 aromatic rings. The van der Waals surface area contributed by atoms with Crippen molar-refractivity contribution in [2.45, 2.75) is 161 Å². The summed E-state index contributed by atoms with van der Waals surface area (Å²) in [4.78, 5) is 0. The van der Waals surface area contributed by atoms with E-state index in [2.05, 4.69) is 235 Å². The van der Waals surface area contributed by atoms with Crippen LogP contribution in [0.3, 0.4) is 0 Å². The van der Waals surface area contributed by atoms with Crippen molar-refractivity contribution in [3.05, 3.63) is 235 Å². The van der Waals surface area contributed by atoms with Crippen LogP contribution in [0, 0.1) is 73.9 Å². The van der Waals surface area contributed by atoms with Crippen molar-refractivity contribution in [2.75, 3.05) is 0 Å². The second-order valence-corrected chi connectivity index (χ2v) is 23.4. The van der Waals surface area contributed by atoms with Crippen LogP contribution in [0.2, 0.25) is 0 Å². The Hall–Kier alpha value is -6.64. The zero-order valence-corrected chi connectivity index (χ0v) is 49.5. The normalized spacial score (nSPS) is 11.3. The van der Waals surface area contributed by atoms with Gasteiger partial charge in [-0.15, -0.1) is 0 Å². The lowest BCUT2D eigenvalue weighted by atomic mass is 9.91. The van der Waals surface area contributed by atoms with E-state index in [1.165, 1.54) is 117 Å². The number of fused-ring (bicyclic) bond motifs is 5. The van der Waals surface area contributed by atoms with Crippen LogP contribution in [-0.2, 0) is 0 Å². The quantitative estimate of drug-likeness (QED) is 0.161. The van der Waals surface area contributed by atoms with Gasteiger partial charge in [0.05, 0.1) is 0 Å². The topological polar surface area (TPSA) is 0 Å². The number of benzene rings is 10. The molecule has 0 saturated carbocycles. The fraction of sp³-hybridized carbons (Fsp3) is 0.324. The molecular weight excluding hydrogens is 927 g/mol. The van der Waals surface area contributed by atoms with E-state index in [1.54, 1.807) is 12.1 Å². The average molecular weight is 1010 g/mol. The van der Waals surface area contributed by atoms with Crippen molar-refractivity contribution in [3.8, 4) is 0 Å². The van der Waals surface area contributed by atoms with Gasteiger partial charge in [0, 0.05) is 5.39 Å². The minimum absolute atomic E-state index is 0.115. The van der Waals surface area contributed by atoms with Gasteiger partial charge in [-0.2, -0.15) is 0 Å². The van der Waals surface area contributed by atoms with Gasteiger partial charge in [-0.1, -0.05) is 236 Å². The molecule has 0 saturated heterocycles. The minimum atomic E-state index is -0.159. The van der Waals surface area contributed by atoms with E-state index in [9.17, 15) is 8.78 Å². The second kappa shape index (κ2) is 25.5. The molecule has 0 nitrogen and oxygen atoms in total. The van der Waals surface area contributed by atoms with E-state index in [0.717, 1.165) is 27.1 Å². The van der Waals surface area contributed by atoms with Gasteiger partial charge in [0.2, 0.25) is 0 Å². The number of hydrogen-bond acceptors (Lipinski definition) is 0. The van der Waals surface area contributed by atoms with Crippen LogP contribution in [0.15, 0.2) is 146 Å². The molecule has 10 rings (SSSR count). The fourth-order valence-corrected chi connectivity index (χ4v) is 10.6. The van der Waals surface area contributed by atoms with Crippen molar-refractivity contribution in [3.63, 3.8) is 0 Å². The summed E-state index contributed by atoms with van der Waals surface area (Å²) < 4.78 is 26.9. The van der Waals surface area contributed by atoms with Gasteiger partial charge in [0.15, 0.2) is 0 Å². The number of aryl methyl sites for hydroxylation is 9. The van der Waals surface area contributed by atoms with E-state index in [1.807, 2.05) is 18.2 Å². The van der Waals surface area contributed by atoms with Crippen molar-refractivity contribution in [1.29, 1.82) is 0 Å². The van der Waals surface area contributed by atoms with E-state index in [0.29, 0.717) is 29.6 Å². The summed E-state index contributed by atoms with van der Waals surface area (Å²) in [5.74, 6) is 2.27. The second-order valence-electron chi connectivity index (χ2n) is 23.4. The van der Waals surface area contributed by atoms with Gasteiger partial charge in [-0.05, 0) is 198 Å². The highest BCUT2D eigenvalue weighted by Crippen LogP contribution is 2.33. The Morgan fingerprint density at radius 3 is 1.12 bits per heavy atom. The van der Waals surface area contributed by atoms with E-state index < -0.39 is 0 Å². The zero-order chi connectivity index (χ0) is 55.9. The molecule has 0 amide bonds. The van der Waals surface area contributed by atoms with Gasteiger partial charge in [-0.3, -0.25) is 0 Å². The number of rotatable bonds is 5. The van der Waals surface area contributed by atoms with Crippen LogP contribution in [0.25, 0.3) is 53.9 Å². The predicted octanol–water partition coefficient (Wildman–Crippen LogP) is 22.9. The van der Waals surface area contributed by atoms with Crippen LogP contribution >= 0.6 is 0 Å². The Kier molecular flexibility index (Phi) is 19.6. The van der Waals surface area contributed by atoms with Crippen LogP contribution in [0.1, 0.15) is 177 Å². The highest BCUT2D eigenvalue weighted by molar-refractivity contribution is 5.91. The SMILES string of the molecule is Cc1cc(C(C)C)c2c(F)cccc2c1.Cc1cc(C(C)C)c2cc(C)c(C)cc2c1.Cc1cc(C(C)C)c2cc(C)ccc2c1.Cc1cc(C(C)C)c2cc(F)ccc2c1.Cc1ccc2c(C(C)C)cc(C)cc2c1. The third kappa shape index (κ3) is 14.6. The Morgan fingerprint density at radius 1 is 0.263 bits per heavy atom. The highest BCUT2D eigenvalue weighted by atomic mass is 19.1. The smallest absolute Gasteiger partial charge is 0.131 e. The van der Waals surface area contributed by atoms with Crippen LogP contribution in [0.5, 0.6) is 0 Å². The Balaban J connectivity index is 0.000000154. The lowest BCUT2D eigenvalue weighted by molar-refractivity contribution is 0.629. The molecule has 0 atom stereocenters. The maximum absolute atomic E-state index is 13.7. The third-order valence-electron chi connectivity index (χ3n) is 14.6. The van der Waals surface area contributed by atoms with Crippen LogP contribution in [0.4, 0.5) is 8.78 Å². The van der Waals surface area contributed by atoms with Crippen molar-refractivity contribution in [1.82, 2.24) is 0 Å². The summed E-state index contributed by atoms with van der Waals surface area (Å²) in [7, 11) is 0. The molecule has 0 aromatic heterocycles. The fourth-order valence-electron chi connectivity index (χ4n) is 10.6. The summed E-state index contributed by atoms with van der Waals surface area (Å²) in [6.45, 7) is 41.4. The maximum atomic E-state index is 13.7. The van der Waals surface area contributed by atoms with Crippen LogP contribution < -0.4 is 0 Å². The summed E-state index contributed by atoms with van der Waals surface area (Å²) in [6, 6.07) is 50.5. The molecule has 0 radical (unpaired) electrons. The average Bonchev–Trinajstić information content (AvgIpc) is 3.34. The van der Waals surface area contributed by atoms with Gasteiger partial charge in [0.1, 0.15) is 11.6 Å². The Morgan fingerprint density at radius 2 is 0.618 bits per heavy atom. The molecule has 0 N–H and O–H groups in total. The Bertz CT molecular complexity index is 3530. The first-order chi connectivity index (χ1) is 35.8. The zero-order valence-electron chi connectivity index (χ0n) is 49.5. The Labute approximate surface area is 456 Å². The number of halogens is 2. The molecule has 0 heterocycles. The molecule has 0 bridgehead atoms. The standard InChI is InChI=1S/C16H20.2C15H18.2C14H15F/c1-10(2)15-7-11(3)6-14-8-12(4)13(5)9-16(14)15;1-10(2)14-9-12(4)7-13-6-5-11(3)8-15(13)14;1-10(2)15-9-12(4)8-13-7-11(3)5-6-14(13)15;1-9(2)13-7-10(3)6-11-4-5-12(15)8-14(11)13;1-9(2)12-8-10(3)7-11-5-4-6-13(15)14(11)12/h6-10H,1-5H3;2*5-10H,1-4H3;2*4-9H,1-3H3. The molecule has 0 spiro atoms. The van der Waals surface area contributed by atoms with E-state index in [4.69, 9.17) is 0 Å². The van der Waals surface area contributed by atoms with Gasteiger partial charge >= 0.3 is 0 Å². The molecule has 0 aliphatic carbocycles.